The first kappa shape index (κ1) is 8.54. The molecule has 1 N–H and O–H groups in total. The summed E-state index contributed by atoms with van der Waals surface area (Å²) < 4.78 is 12.7. The molecule has 0 radical (unpaired) electrons. The number of rotatable bonds is 3. The van der Waals surface area contributed by atoms with Gasteiger partial charge in [0.2, 0.25) is 0 Å². The first-order chi connectivity index (χ1) is 6.31. The van der Waals surface area contributed by atoms with Gasteiger partial charge in [0.15, 0.2) is 0 Å². The average molecular weight is 180 g/mol. The third kappa shape index (κ3) is 1.82. The number of phenolic OH excluding ortho intramolecular Hbond substituents is 1. The number of hydrogen-bond acceptors (Lipinski definition) is 1. The van der Waals surface area contributed by atoms with E-state index in [4.69, 9.17) is 5.11 Å². The molecule has 1 aliphatic carbocycles. The standard InChI is InChI=1S/C11H13FO/c12-7-11(8-1-2-8)9-3-5-10(13)6-4-9/h3-6,8,11,13H,1-2,7H2. The summed E-state index contributed by atoms with van der Waals surface area (Å²) in [5.41, 5.74) is 1.02. The number of benzene rings is 1. The molecular weight excluding hydrogens is 167 g/mol. The Balaban J connectivity index is 2.17. The van der Waals surface area contributed by atoms with Crippen LogP contribution in [0.2, 0.25) is 0 Å². The van der Waals surface area contributed by atoms with Crippen LogP contribution in [0.25, 0.3) is 0 Å². The van der Waals surface area contributed by atoms with E-state index in [9.17, 15) is 4.39 Å². The molecule has 1 fully saturated rings. The highest BCUT2D eigenvalue weighted by molar-refractivity contribution is 5.29. The van der Waals surface area contributed by atoms with Crippen LogP contribution in [0.5, 0.6) is 5.75 Å². The number of alkyl halides is 1. The summed E-state index contributed by atoms with van der Waals surface area (Å²) in [6.07, 6.45) is 2.30. The molecule has 0 aromatic heterocycles. The molecule has 0 spiro atoms. The maximum absolute atomic E-state index is 12.7. The molecule has 70 valence electrons. The Bertz CT molecular complexity index is 277. The zero-order chi connectivity index (χ0) is 9.26. The van der Waals surface area contributed by atoms with Crippen LogP contribution in [0.4, 0.5) is 4.39 Å². The van der Waals surface area contributed by atoms with Crippen molar-refractivity contribution in [3.05, 3.63) is 29.8 Å². The van der Waals surface area contributed by atoms with E-state index in [1.54, 1.807) is 12.1 Å². The van der Waals surface area contributed by atoms with Crippen LogP contribution in [0, 0.1) is 5.92 Å². The second kappa shape index (κ2) is 3.36. The highest BCUT2D eigenvalue weighted by Crippen LogP contribution is 2.42. The van der Waals surface area contributed by atoms with Crippen LogP contribution in [0.1, 0.15) is 24.3 Å². The highest BCUT2D eigenvalue weighted by atomic mass is 19.1. The molecule has 0 heterocycles. The van der Waals surface area contributed by atoms with Crippen molar-refractivity contribution >= 4 is 0 Å². The lowest BCUT2D eigenvalue weighted by atomic mass is 9.96. The minimum Gasteiger partial charge on any atom is -0.508 e. The van der Waals surface area contributed by atoms with Crippen LogP contribution >= 0.6 is 0 Å². The maximum atomic E-state index is 12.7. The normalized spacial score (nSPS) is 18.5. The lowest BCUT2D eigenvalue weighted by Gasteiger charge is -2.11. The molecular formula is C11H13FO. The largest absolute Gasteiger partial charge is 0.508 e. The summed E-state index contributed by atoms with van der Waals surface area (Å²) in [4.78, 5) is 0. The van der Waals surface area contributed by atoms with Crippen LogP contribution in [0.15, 0.2) is 24.3 Å². The van der Waals surface area contributed by atoms with E-state index in [-0.39, 0.29) is 18.3 Å². The van der Waals surface area contributed by atoms with Crippen LogP contribution < -0.4 is 0 Å². The van der Waals surface area contributed by atoms with Gasteiger partial charge in [0.25, 0.3) is 0 Å². The SMILES string of the molecule is Oc1ccc(C(CF)C2CC2)cc1. The number of phenols is 1. The highest BCUT2D eigenvalue weighted by Gasteiger charge is 2.32. The van der Waals surface area contributed by atoms with Gasteiger partial charge in [-0.15, -0.1) is 0 Å². The molecule has 1 aromatic rings. The van der Waals surface area contributed by atoms with Crippen molar-refractivity contribution in [2.24, 2.45) is 5.92 Å². The van der Waals surface area contributed by atoms with Gasteiger partial charge in [-0.05, 0) is 36.5 Å². The van der Waals surface area contributed by atoms with Gasteiger partial charge in [-0.1, -0.05) is 12.1 Å². The topological polar surface area (TPSA) is 20.2 Å². The van der Waals surface area contributed by atoms with Crippen molar-refractivity contribution < 1.29 is 9.50 Å². The molecule has 1 saturated carbocycles. The van der Waals surface area contributed by atoms with Crippen molar-refractivity contribution in [3.8, 4) is 5.75 Å². The average Bonchev–Trinajstić information content (AvgIpc) is 2.93. The zero-order valence-corrected chi connectivity index (χ0v) is 7.41. The number of hydrogen-bond donors (Lipinski definition) is 1. The monoisotopic (exact) mass is 180 g/mol. The maximum Gasteiger partial charge on any atom is 0.115 e. The molecule has 1 aliphatic rings. The third-order valence-electron chi connectivity index (χ3n) is 2.68. The Hall–Kier alpha value is -1.05. The van der Waals surface area contributed by atoms with E-state index < -0.39 is 0 Å². The molecule has 0 amide bonds. The molecule has 2 heteroatoms. The van der Waals surface area contributed by atoms with Gasteiger partial charge in [0.05, 0.1) is 6.67 Å². The van der Waals surface area contributed by atoms with Gasteiger partial charge in [0.1, 0.15) is 5.75 Å². The predicted molar refractivity (Wildman–Crippen MR) is 49.5 cm³/mol. The Morgan fingerprint density at radius 2 is 1.92 bits per heavy atom. The van der Waals surface area contributed by atoms with Crippen LogP contribution in [-0.2, 0) is 0 Å². The summed E-state index contributed by atoms with van der Waals surface area (Å²) in [5, 5.41) is 9.07. The first-order valence-electron chi connectivity index (χ1n) is 4.66. The fourth-order valence-electron chi connectivity index (χ4n) is 1.71. The van der Waals surface area contributed by atoms with Gasteiger partial charge in [-0.3, -0.25) is 4.39 Å². The first-order valence-corrected chi connectivity index (χ1v) is 4.66. The molecule has 1 unspecified atom stereocenters. The van der Waals surface area contributed by atoms with E-state index in [1.807, 2.05) is 12.1 Å². The van der Waals surface area contributed by atoms with Gasteiger partial charge >= 0.3 is 0 Å². The smallest absolute Gasteiger partial charge is 0.115 e. The predicted octanol–water partition coefficient (Wildman–Crippen LogP) is 2.86. The Labute approximate surface area is 77.2 Å². The Kier molecular flexibility index (Phi) is 2.21. The van der Waals surface area contributed by atoms with Crippen LogP contribution in [0.3, 0.4) is 0 Å². The van der Waals surface area contributed by atoms with Crippen molar-refractivity contribution in [1.29, 1.82) is 0 Å². The molecule has 0 aliphatic heterocycles. The minimum absolute atomic E-state index is 0.0561. The van der Waals surface area contributed by atoms with Gasteiger partial charge < -0.3 is 5.11 Å². The Morgan fingerprint density at radius 3 is 2.38 bits per heavy atom. The van der Waals surface area contributed by atoms with Crippen molar-refractivity contribution in [2.45, 2.75) is 18.8 Å². The Morgan fingerprint density at radius 1 is 1.31 bits per heavy atom. The van der Waals surface area contributed by atoms with Gasteiger partial charge in [0, 0.05) is 5.92 Å². The lowest BCUT2D eigenvalue weighted by molar-refractivity contribution is 0.403. The van der Waals surface area contributed by atoms with E-state index in [2.05, 4.69) is 0 Å². The van der Waals surface area contributed by atoms with Gasteiger partial charge in [-0.2, -0.15) is 0 Å². The van der Waals surface area contributed by atoms with Crippen molar-refractivity contribution in [2.75, 3.05) is 6.67 Å². The summed E-state index contributed by atoms with van der Waals surface area (Å²) in [6.45, 7) is -0.282. The van der Waals surface area contributed by atoms with Gasteiger partial charge in [-0.25, -0.2) is 0 Å². The van der Waals surface area contributed by atoms with E-state index >= 15 is 0 Å². The lowest BCUT2D eigenvalue weighted by Crippen LogP contribution is -2.02. The molecule has 1 aromatic carbocycles. The molecule has 0 bridgehead atoms. The molecule has 13 heavy (non-hydrogen) atoms. The third-order valence-corrected chi connectivity index (χ3v) is 2.68. The summed E-state index contributed by atoms with van der Waals surface area (Å²) in [7, 11) is 0. The second-order valence-electron chi connectivity index (χ2n) is 3.69. The fourth-order valence-corrected chi connectivity index (χ4v) is 1.71. The van der Waals surface area contributed by atoms with E-state index in [0.29, 0.717) is 5.92 Å². The minimum atomic E-state index is -0.282. The number of halogens is 1. The zero-order valence-electron chi connectivity index (χ0n) is 7.41. The quantitative estimate of drug-likeness (QED) is 0.758. The van der Waals surface area contributed by atoms with Crippen LogP contribution in [-0.4, -0.2) is 11.8 Å². The summed E-state index contributed by atoms with van der Waals surface area (Å²) >= 11 is 0. The van der Waals surface area contributed by atoms with E-state index in [0.717, 1.165) is 18.4 Å². The van der Waals surface area contributed by atoms with E-state index in [1.165, 1.54) is 0 Å². The fraction of sp³-hybridized carbons (Fsp3) is 0.455. The second-order valence-corrected chi connectivity index (χ2v) is 3.69. The van der Waals surface area contributed by atoms with Crippen molar-refractivity contribution in [1.82, 2.24) is 0 Å². The summed E-state index contributed by atoms with van der Waals surface area (Å²) in [6, 6.07) is 6.89. The molecule has 1 nitrogen and oxygen atoms in total. The molecule has 1 atom stereocenters. The van der Waals surface area contributed by atoms with Crippen molar-refractivity contribution in [3.63, 3.8) is 0 Å². The molecule has 2 rings (SSSR count). The number of aromatic hydroxyl groups is 1. The molecule has 0 saturated heterocycles. The summed E-state index contributed by atoms with van der Waals surface area (Å²) in [5.74, 6) is 0.840.